The summed E-state index contributed by atoms with van der Waals surface area (Å²) >= 11 is 0. The summed E-state index contributed by atoms with van der Waals surface area (Å²) in [4.78, 5) is 11.7. The normalized spacial score (nSPS) is 16.9. The minimum atomic E-state index is -0.197. The summed E-state index contributed by atoms with van der Waals surface area (Å²) in [6.07, 6.45) is 4.70. The Kier molecular flexibility index (Phi) is 4.08. The van der Waals surface area contributed by atoms with Gasteiger partial charge in [-0.05, 0) is 25.0 Å². The first-order chi connectivity index (χ1) is 8.25. The molecular formula is C15H19O2+. The molecule has 0 atom stereocenters. The zero-order valence-corrected chi connectivity index (χ0v) is 10.3. The van der Waals surface area contributed by atoms with Gasteiger partial charge in [-0.15, -0.1) is 0 Å². The van der Waals surface area contributed by atoms with Gasteiger partial charge in [0.1, 0.15) is 0 Å². The molecule has 1 aliphatic rings. The smallest absolute Gasteiger partial charge is 0.338 e. The first kappa shape index (κ1) is 12.0. The monoisotopic (exact) mass is 231 g/mol. The molecule has 0 aromatic heterocycles. The minimum Gasteiger partial charge on any atom is -0.462 e. The molecule has 0 amide bonds. The van der Waals surface area contributed by atoms with E-state index >= 15 is 0 Å². The molecule has 2 rings (SSSR count). The number of carbonyl (C=O) groups is 1. The van der Waals surface area contributed by atoms with Crippen LogP contribution in [-0.4, -0.2) is 12.6 Å². The molecule has 1 saturated carbocycles. The van der Waals surface area contributed by atoms with Crippen molar-refractivity contribution in [1.29, 1.82) is 0 Å². The topological polar surface area (TPSA) is 26.3 Å². The predicted octanol–water partition coefficient (Wildman–Crippen LogP) is 3.63. The fourth-order valence-corrected chi connectivity index (χ4v) is 2.19. The van der Waals surface area contributed by atoms with Crippen LogP contribution in [0, 0.1) is 11.8 Å². The van der Waals surface area contributed by atoms with Crippen LogP contribution in [0.15, 0.2) is 30.3 Å². The summed E-state index contributed by atoms with van der Waals surface area (Å²) in [5.41, 5.74) is 0.644. The lowest BCUT2D eigenvalue weighted by atomic mass is 9.83. The van der Waals surface area contributed by atoms with Gasteiger partial charge < -0.3 is 4.74 Å². The van der Waals surface area contributed by atoms with E-state index in [4.69, 9.17) is 4.74 Å². The van der Waals surface area contributed by atoms with Crippen molar-refractivity contribution in [3.05, 3.63) is 41.8 Å². The van der Waals surface area contributed by atoms with Crippen LogP contribution in [0.25, 0.3) is 0 Å². The highest BCUT2D eigenvalue weighted by Gasteiger charge is 2.26. The van der Waals surface area contributed by atoms with Crippen molar-refractivity contribution in [3.63, 3.8) is 0 Å². The van der Waals surface area contributed by atoms with Gasteiger partial charge in [-0.25, -0.2) is 4.79 Å². The average Bonchev–Trinajstić information content (AvgIpc) is 2.39. The van der Waals surface area contributed by atoms with Gasteiger partial charge in [0, 0.05) is 5.92 Å². The minimum absolute atomic E-state index is 0.197. The summed E-state index contributed by atoms with van der Waals surface area (Å²) in [6, 6.07) is 9.20. The van der Waals surface area contributed by atoms with Gasteiger partial charge in [-0.1, -0.05) is 18.2 Å². The largest absolute Gasteiger partial charge is 0.462 e. The third-order valence-corrected chi connectivity index (χ3v) is 3.42. The molecular weight excluding hydrogens is 212 g/mol. The van der Waals surface area contributed by atoms with Gasteiger partial charge >= 0.3 is 5.97 Å². The van der Waals surface area contributed by atoms with E-state index in [1.807, 2.05) is 18.2 Å². The van der Waals surface area contributed by atoms with Crippen molar-refractivity contribution in [2.24, 2.45) is 5.92 Å². The van der Waals surface area contributed by atoms with Crippen LogP contribution < -0.4 is 0 Å². The Morgan fingerprint density at radius 3 is 2.59 bits per heavy atom. The maximum Gasteiger partial charge on any atom is 0.338 e. The molecule has 0 saturated heterocycles. The standard InChI is InChI=1S/C15H19O2/c1-12-7-9-13(10-8-12)11-17-15(16)14-5-3-2-4-6-14/h2-6,13H,7-11H2,1H3/q+1. The molecule has 2 heteroatoms. The molecule has 0 bridgehead atoms. The Hall–Kier alpha value is -1.44. The second-order valence-electron chi connectivity index (χ2n) is 4.86. The second-order valence-corrected chi connectivity index (χ2v) is 4.86. The summed E-state index contributed by atoms with van der Waals surface area (Å²) < 4.78 is 5.35. The van der Waals surface area contributed by atoms with Crippen molar-refractivity contribution in [3.8, 4) is 0 Å². The van der Waals surface area contributed by atoms with Crippen molar-refractivity contribution < 1.29 is 9.53 Å². The van der Waals surface area contributed by atoms with E-state index in [0.29, 0.717) is 18.1 Å². The van der Waals surface area contributed by atoms with Gasteiger partial charge in [0.05, 0.1) is 37.9 Å². The molecule has 1 aromatic carbocycles. The maximum absolute atomic E-state index is 11.7. The SMILES string of the molecule is C[C+]1CCC(COC(=O)c2ccccc2)CC1. The number of hydrogen-bond acceptors (Lipinski definition) is 2. The Morgan fingerprint density at radius 1 is 1.29 bits per heavy atom. The molecule has 0 heterocycles. The molecule has 1 aliphatic carbocycles. The van der Waals surface area contributed by atoms with Gasteiger partial charge in [-0.2, -0.15) is 0 Å². The predicted molar refractivity (Wildman–Crippen MR) is 67.6 cm³/mol. The van der Waals surface area contributed by atoms with E-state index in [2.05, 4.69) is 6.92 Å². The van der Waals surface area contributed by atoms with Crippen LogP contribution in [0.2, 0.25) is 0 Å². The lowest BCUT2D eigenvalue weighted by Gasteiger charge is -2.19. The number of ether oxygens (including phenoxy) is 1. The van der Waals surface area contributed by atoms with Gasteiger partial charge in [0.15, 0.2) is 0 Å². The fourth-order valence-electron chi connectivity index (χ4n) is 2.19. The highest BCUT2D eigenvalue weighted by atomic mass is 16.5. The lowest BCUT2D eigenvalue weighted by Crippen LogP contribution is -2.18. The van der Waals surface area contributed by atoms with Crippen LogP contribution in [0.5, 0.6) is 0 Å². The van der Waals surface area contributed by atoms with Crippen molar-refractivity contribution in [2.45, 2.75) is 32.6 Å². The van der Waals surface area contributed by atoms with Crippen LogP contribution in [0.1, 0.15) is 43.0 Å². The van der Waals surface area contributed by atoms with E-state index in [1.54, 1.807) is 18.1 Å². The van der Waals surface area contributed by atoms with Crippen molar-refractivity contribution >= 4 is 5.97 Å². The van der Waals surface area contributed by atoms with Crippen LogP contribution in [-0.2, 0) is 4.74 Å². The van der Waals surface area contributed by atoms with Crippen molar-refractivity contribution in [2.75, 3.05) is 6.61 Å². The zero-order chi connectivity index (χ0) is 12.1. The number of carbonyl (C=O) groups excluding carboxylic acids is 1. The molecule has 1 fully saturated rings. The number of hydrogen-bond donors (Lipinski definition) is 0. The van der Waals surface area contributed by atoms with E-state index in [1.165, 1.54) is 12.8 Å². The van der Waals surface area contributed by atoms with Crippen molar-refractivity contribution in [1.82, 2.24) is 0 Å². The molecule has 2 nitrogen and oxygen atoms in total. The highest BCUT2D eigenvalue weighted by molar-refractivity contribution is 5.89. The fraction of sp³-hybridized carbons (Fsp3) is 0.467. The second kappa shape index (κ2) is 5.76. The van der Waals surface area contributed by atoms with Gasteiger partial charge in [0.2, 0.25) is 0 Å². The lowest BCUT2D eigenvalue weighted by molar-refractivity contribution is 0.0415. The average molecular weight is 231 g/mol. The first-order valence-electron chi connectivity index (χ1n) is 6.29. The van der Waals surface area contributed by atoms with E-state index in [9.17, 15) is 4.79 Å². The zero-order valence-electron chi connectivity index (χ0n) is 10.3. The molecule has 0 aliphatic heterocycles. The molecule has 17 heavy (non-hydrogen) atoms. The van der Waals surface area contributed by atoms with E-state index in [-0.39, 0.29) is 5.97 Å². The quantitative estimate of drug-likeness (QED) is 0.586. The summed E-state index contributed by atoms with van der Waals surface area (Å²) in [5, 5.41) is 0. The number of rotatable bonds is 3. The maximum atomic E-state index is 11.7. The molecule has 0 radical (unpaired) electrons. The number of esters is 1. The third kappa shape index (κ3) is 3.52. The van der Waals surface area contributed by atoms with E-state index < -0.39 is 0 Å². The third-order valence-electron chi connectivity index (χ3n) is 3.42. The Labute approximate surface area is 103 Å². The Balaban J connectivity index is 1.77. The first-order valence-corrected chi connectivity index (χ1v) is 6.29. The summed E-state index contributed by atoms with van der Waals surface area (Å²) in [6.45, 7) is 2.78. The summed E-state index contributed by atoms with van der Waals surface area (Å²) in [7, 11) is 0. The highest BCUT2D eigenvalue weighted by Crippen LogP contribution is 2.29. The number of benzene rings is 1. The molecule has 90 valence electrons. The Bertz CT molecular complexity index is 350. The molecule has 0 N–H and O–H groups in total. The molecule has 0 unspecified atom stereocenters. The van der Waals surface area contributed by atoms with E-state index in [0.717, 1.165) is 12.8 Å². The van der Waals surface area contributed by atoms with Crippen LogP contribution >= 0.6 is 0 Å². The van der Waals surface area contributed by atoms with Gasteiger partial charge in [0.25, 0.3) is 0 Å². The molecule has 1 aromatic rings. The Morgan fingerprint density at radius 2 is 1.94 bits per heavy atom. The van der Waals surface area contributed by atoms with Crippen LogP contribution in [0.3, 0.4) is 0 Å². The van der Waals surface area contributed by atoms with Gasteiger partial charge in [-0.3, -0.25) is 0 Å². The molecule has 0 spiro atoms. The summed E-state index contributed by atoms with van der Waals surface area (Å²) in [5.74, 6) is 1.93. The van der Waals surface area contributed by atoms with Crippen LogP contribution in [0.4, 0.5) is 0 Å².